The molecule has 108 valence electrons. The Bertz CT molecular complexity index is 546. The summed E-state index contributed by atoms with van der Waals surface area (Å²) in [5, 5.41) is 0. The van der Waals surface area contributed by atoms with Crippen LogP contribution in [0, 0.1) is 0 Å². The summed E-state index contributed by atoms with van der Waals surface area (Å²) in [6.07, 6.45) is 3.12. The number of anilines is 1. The number of sulfone groups is 1. The second-order valence-electron chi connectivity index (χ2n) is 4.78. The van der Waals surface area contributed by atoms with Crippen molar-refractivity contribution in [3.63, 3.8) is 0 Å². The SMILES string of the molecule is CC(C)n1cc(N)cc1C(=O)OCCCS(C)(=O)=O. The molecule has 0 aliphatic heterocycles. The molecular formula is C12H20N2O4S. The van der Waals surface area contributed by atoms with Gasteiger partial charge in [0.05, 0.1) is 18.0 Å². The van der Waals surface area contributed by atoms with Crippen molar-refractivity contribution in [2.45, 2.75) is 26.3 Å². The summed E-state index contributed by atoms with van der Waals surface area (Å²) in [6, 6.07) is 1.65. The van der Waals surface area contributed by atoms with Crippen molar-refractivity contribution in [1.29, 1.82) is 0 Å². The Kier molecular flexibility index (Phi) is 4.99. The third-order valence-corrected chi connectivity index (χ3v) is 3.56. The first-order chi connectivity index (χ1) is 8.70. The molecule has 0 aliphatic rings. The van der Waals surface area contributed by atoms with Crippen molar-refractivity contribution in [2.75, 3.05) is 24.3 Å². The summed E-state index contributed by atoms with van der Waals surface area (Å²) in [7, 11) is -3.02. The van der Waals surface area contributed by atoms with Crippen LogP contribution < -0.4 is 5.73 Å². The van der Waals surface area contributed by atoms with E-state index < -0.39 is 15.8 Å². The smallest absolute Gasteiger partial charge is 0.355 e. The number of hydrogen-bond donors (Lipinski definition) is 1. The van der Waals surface area contributed by atoms with E-state index in [4.69, 9.17) is 10.5 Å². The Hall–Kier alpha value is -1.50. The minimum absolute atomic E-state index is 0.00755. The standard InChI is InChI=1S/C12H20N2O4S/c1-9(2)14-8-10(13)7-11(14)12(15)18-5-4-6-19(3,16)17/h7-9H,4-6,13H2,1-3H3. The van der Waals surface area contributed by atoms with Crippen LogP contribution in [0.4, 0.5) is 5.69 Å². The molecule has 6 nitrogen and oxygen atoms in total. The molecule has 0 amide bonds. The van der Waals surface area contributed by atoms with E-state index in [2.05, 4.69) is 0 Å². The van der Waals surface area contributed by atoms with Gasteiger partial charge in [-0.1, -0.05) is 0 Å². The van der Waals surface area contributed by atoms with E-state index in [9.17, 15) is 13.2 Å². The van der Waals surface area contributed by atoms with Gasteiger partial charge in [-0.15, -0.1) is 0 Å². The molecule has 7 heteroatoms. The van der Waals surface area contributed by atoms with Crippen LogP contribution in [0.25, 0.3) is 0 Å². The largest absolute Gasteiger partial charge is 0.461 e. The lowest BCUT2D eigenvalue weighted by molar-refractivity contribution is 0.0491. The van der Waals surface area contributed by atoms with E-state index in [1.807, 2.05) is 13.8 Å². The van der Waals surface area contributed by atoms with Gasteiger partial charge in [-0.05, 0) is 26.3 Å². The second-order valence-corrected chi connectivity index (χ2v) is 7.04. The van der Waals surface area contributed by atoms with Gasteiger partial charge in [-0.25, -0.2) is 13.2 Å². The molecule has 2 N–H and O–H groups in total. The van der Waals surface area contributed by atoms with E-state index in [1.165, 1.54) is 0 Å². The van der Waals surface area contributed by atoms with E-state index in [1.54, 1.807) is 16.8 Å². The van der Waals surface area contributed by atoms with Gasteiger partial charge in [0.2, 0.25) is 0 Å². The van der Waals surface area contributed by atoms with E-state index in [0.29, 0.717) is 17.8 Å². The highest BCUT2D eigenvalue weighted by molar-refractivity contribution is 7.90. The van der Waals surface area contributed by atoms with Crippen LogP contribution in [-0.2, 0) is 14.6 Å². The molecule has 1 aromatic rings. The number of carbonyl (C=O) groups is 1. The van der Waals surface area contributed by atoms with E-state index >= 15 is 0 Å². The van der Waals surface area contributed by atoms with E-state index in [0.717, 1.165) is 6.26 Å². The summed E-state index contributed by atoms with van der Waals surface area (Å²) >= 11 is 0. The Balaban J connectivity index is 2.59. The quantitative estimate of drug-likeness (QED) is 0.628. The van der Waals surface area contributed by atoms with Crippen LogP contribution in [0.1, 0.15) is 36.8 Å². The van der Waals surface area contributed by atoms with Gasteiger partial charge < -0.3 is 15.0 Å². The number of nitrogens with zero attached hydrogens (tertiary/aromatic N) is 1. The molecule has 0 bridgehead atoms. The van der Waals surface area contributed by atoms with E-state index in [-0.39, 0.29) is 18.4 Å². The van der Waals surface area contributed by atoms with Gasteiger partial charge in [-0.3, -0.25) is 0 Å². The van der Waals surface area contributed by atoms with Gasteiger partial charge in [0.1, 0.15) is 15.5 Å². The summed E-state index contributed by atoms with van der Waals surface area (Å²) < 4.78 is 28.6. The first-order valence-corrected chi connectivity index (χ1v) is 8.09. The maximum absolute atomic E-state index is 11.9. The fraction of sp³-hybridized carbons (Fsp3) is 0.583. The van der Waals surface area contributed by atoms with Crippen LogP contribution in [-0.4, -0.2) is 37.6 Å². The van der Waals surface area contributed by atoms with Crippen molar-refractivity contribution in [2.24, 2.45) is 0 Å². The Labute approximate surface area is 113 Å². The summed E-state index contributed by atoms with van der Waals surface area (Å²) in [4.78, 5) is 11.9. The molecule has 0 aromatic carbocycles. The van der Waals surface area contributed by atoms with Crippen LogP contribution in [0.3, 0.4) is 0 Å². The minimum atomic E-state index is -3.02. The number of aromatic nitrogens is 1. The highest BCUT2D eigenvalue weighted by Crippen LogP contribution is 2.17. The van der Waals surface area contributed by atoms with Gasteiger partial charge in [0, 0.05) is 18.5 Å². The molecule has 0 saturated carbocycles. The minimum Gasteiger partial charge on any atom is -0.461 e. The molecule has 0 fully saturated rings. The normalized spacial score (nSPS) is 11.8. The highest BCUT2D eigenvalue weighted by Gasteiger charge is 2.16. The number of nitrogens with two attached hydrogens (primary N) is 1. The van der Waals surface area contributed by atoms with Crippen LogP contribution >= 0.6 is 0 Å². The maximum atomic E-state index is 11.9. The number of rotatable bonds is 6. The van der Waals surface area contributed by atoms with Crippen molar-refractivity contribution < 1.29 is 17.9 Å². The first-order valence-electron chi connectivity index (χ1n) is 6.03. The summed E-state index contributed by atoms with van der Waals surface area (Å²) in [6.45, 7) is 3.94. The number of ether oxygens (including phenoxy) is 1. The topological polar surface area (TPSA) is 91.4 Å². The first kappa shape index (κ1) is 15.6. The van der Waals surface area contributed by atoms with Crippen LogP contribution in [0.5, 0.6) is 0 Å². The Morgan fingerprint density at radius 2 is 2.11 bits per heavy atom. The molecule has 0 atom stereocenters. The molecular weight excluding hydrogens is 268 g/mol. The molecule has 1 heterocycles. The van der Waals surface area contributed by atoms with Gasteiger partial charge in [0.25, 0.3) is 0 Å². The van der Waals surface area contributed by atoms with Crippen LogP contribution in [0.15, 0.2) is 12.3 Å². The fourth-order valence-corrected chi connectivity index (χ4v) is 2.29. The zero-order valence-corrected chi connectivity index (χ0v) is 12.2. The molecule has 1 rings (SSSR count). The second kappa shape index (κ2) is 6.10. The van der Waals surface area contributed by atoms with Gasteiger partial charge in [-0.2, -0.15) is 0 Å². The lowest BCUT2D eigenvalue weighted by Crippen LogP contribution is -2.15. The predicted octanol–water partition coefficient (Wildman–Crippen LogP) is 1.24. The molecule has 0 radical (unpaired) electrons. The summed E-state index contributed by atoms with van der Waals surface area (Å²) in [5.41, 5.74) is 6.54. The van der Waals surface area contributed by atoms with Gasteiger partial charge in [0.15, 0.2) is 0 Å². The lowest BCUT2D eigenvalue weighted by atomic mass is 10.3. The highest BCUT2D eigenvalue weighted by atomic mass is 32.2. The average Bonchev–Trinajstić information content (AvgIpc) is 2.65. The molecule has 0 spiro atoms. The third-order valence-electron chi connectivity index (χ3n) is 2.53. The van der Waals surface area contributed by atoms with Gasteiger partial charge >= 0.3 is 5.97 Å². The zero-order valence-electron chi connectivity index (χ0n) is 11.4. The summed E-state index contributed by atoms with van der Waals surface area (Å²) in [5.74, 6) is -0.480. The maximum Gasteiger partial charge on any atom is 0.355 e. The average molecular weight is 288 g/mol. The molecule has 0 saturated heterocycles. The Morgan fingerprint density at radius 3 is 2.63 bits per heavy atom. The monoisotopic (exact) mass is 288 g/mol. The number of esters is 1. The number of nitrogen functional groups attached to an aromatic ring is 1. The fourth-order valence-electron chi connectivity index (χ4n) is 1.65. The number of carbonyl (C=O) groups excluding carboxylic acids is 1. The van der Waals surface area contributed by atoms with Crippen LogP contribution in [0.2, 0.25) is 0 Å². The molecule has 19 heavy (non-hydrogen) atoms. The van der Waals surface area contributed by atoms with Crippen molar-refractivity contribution in [3.05, 3.63) is 18.0 Å². The van der Waals surface area contributed by atoms with Crippen molar-refractivity contribution in [3.8, 4) is 0 Å². The van der Waals surface area contributed by atoms with Crippen molar-refractivity contribution >= 4 is 21.5 Å². The van der Waals surface area contributed by atoms with Crippen molar-refractivity contribution in [1.82, 2.24) is 4.57 Å². The third kappa shape index (κ3) is 4.94. The predicted molar refractivity (Wildman–Crippen MR) is 73.8 cm³/mol. The number of hydrogen-bond acceptors (Lipinski definition) is 5. The molecule has 0 aliphatic carbocycles. The zero-order chi connectivity index (χ0) is 14.6. The Morgan fingerprint density at radius 1 is 1.47 bits per heavy atom. The lowest BCUT2D eigenvalue weighted by Gasteiger charge is -2.11. The molecule has 1 aromatic heterocycles. The molecule has 0 unspecified atom stereocenters.